The zero-order valence-corrected chi connectivity index (χ0v) is 20.3. The number of pyridine rings is 1. The van der Waals surface area contributed by atoms with E-state index in [9.17, 15) is 22.8 Å². The van der Waals surface area contributed by atoms with Crippen molar-refractivity contribution in [1.82, 2.24) is 15.2 Å². The SMILES string of the molecule is O=C1NCC2(CCN(C(=O)COc3ccc4c(c3)OCC/C4=N/OCc3ccc(C(F)(F)F)nc3)CC2)O1. The van der Waals surface area contributed by atoms with Crippen LogP contribution in [0.1, 0.15) is 36.1 Å². The van der Waals surface area contributed by atoms with Gasteiger partial charge in [0.05, 0.1) is 18.9 Å². The first-order valence-corrected chi connectivity index (χ1v) is 12.1. The minimum atomic E-state index is -4.50. The molecular weight excluding hydrogens is 509 g/mol. The van der Waals surface area contributed by atoms with Crippen LogP contribution < -0.4 is 14.8 Å². The monoisotopic (exact) mass is 534 g/mol. The highest BCUT2D eigenvalue weighted by Gasteiger charge is 2.43. The summed E-state index contributed by atoms with van der Waals surface area (Å²) in [5.74, 6) is 0.817. The highest BCUT2D eigenvalue weighted by atomic mass is 19.4. The van der Waals surface area contributed by atoms with Crippen molar-refractivity contribution in [2.45, 2.75) is 37.6 Å². The molecule has 4 heterocycles. The molecule has 1 aromatic carbocycles. The number of piperidine rings is 1. The number of rotatable bonds is 6. The van der Waals surface area contributed by atoms with Crippen LogP contribution in [0.2, 0.25) is 0 Å². The third kappa shape index (κ3) is 5.76. The summed E-state index contributed by atoms with van der Waals surface area (Å²) in [5.41, 5.74) is 0.277. The van der Waals surface area contributed by atoms with Gasteiger partial charge in [-0.2, -0.15) is 13.2 Å². The molecule has 3 aliphatic rings. The quantitative estimate of drug-likeness (QED) is 0.567. The first-order chi connectivity index (χ1) is 18.2. The molecule has 0 atom stereocenters. The number of ether oxygens (including phenoxy) is 3. The van der Waals surface area contributed by atoms with Gasteiger partial charge in [-0.25, -0.2) is 4.79 Å². The number of hydrogen-bond acceptors (Lipinski definition) is 8. The lowest BCUT2D eigenvalue weighted by atomic mass is 9.91. The third-order valence-corrected chi connectivity index (χ3v) is 6.64. The molecule has 13 heteroatoms. The molecule has 2 aromatic rings. The van der Waals surface area contributed by atoms with Crippen LogP contribution >= 0.6 is 0 Å². The number of aromatic nitrogens is 1. The molecule has 1 aromatic heterocycles. The minimum absolute atomic E-state index is 0.0370. The molecule has 0 radical (unpaired) electrons. The Hall–Kier alpha value is -4.03. The van der Waals surface area contributed by atoms with Crippen LogP contribution in [0, 0.1) is 0 Å². The Morgan fingerprint density at radius 1 is 1.21 bits per heavy atom. The predicted octanol–water partition coefficient (Wildman–Crippen LogP) is 3.28. The fourth-order valence-electron chi connectivity index (χ4n) is 4.48. The average Bonchev–Trinajstić information content (AvgIpc) is 3.27. The van der Waals surface area contributed by atoms with E-state index in [2.05, 4.69) is 15.5 Å². The number of nitrogens with zero attached hydrogens (tertiary/aromatic N) is 3. The van der Waals surface area contributed by atoms with Gasteiger partial charge in [0.2, 0.25) is 0 Å². The molecule has 2 saturated heterocycles. The molecule has 5 rings (SSSR count). The molecule has 1 spiro atoms. The third-order valence-electron chi connectivity index (χ3n) is 6.64. The molecule has 0 saturated carbocycles. The molecule has 38 heavy (non-hydrogen) atoms. The fraction of sp³-hybridized carbons (Fsp3) is 0.440. The second kappa shape index (κ2) is 10.4. The van der Waals surface area contributed by atoms with E-state index in [-0.39, 0.29) is 19.1 Å². The van der Waals surface area contributed by atoms with Crippen LogP contribution in [-0.2, 0) is 27.2 Å². The lowest BCUT2D eigenvalue weighted by Gasteiger charge is -2.37. The molecule has 2 fully saturated rings. The number of alkyl carbamates (subject to hydrolysis) is 1. The van der Waals surface area contributed by atoms with E-state index in [1.807, 2.05) is 0 Å². The van der Waals surface area contributed by atoms with Gasteiger partial charge in [0.15, 0.2) is 6.61 Å². The van der Waals surface area contributed by atoms with Crippen LogP contribution in [0.3, 0.4) is 0 Å². The lowest BCUT2D eigenvalue weighted by molar-refractivity contribution is -0.141. The second-order valence-electron chi connectivity index (χ2n) is 9.21. The number of amides is 2. The molecule has 2 amide bonds. The predicted molar refractivity (Wildman–Crippen MR) is 126 cm³/mol. The molecule has 202 valence electrons. The summed E-state index contributed by atoms with van der Waals surface area (Å²) in [6, 6.07) is 7.31. The van der Waals surface area contributed by atoms with Gasteiger partial charge in [0.1, 0.15) is 29.4 Å². The van der Waals surface area contributed by atoms with Crippen LogP contribution in [-0.4, -0.2) is 66.0 Å². The van der Waals surface area contributed by atoms with Gasteiger partial charge in [0, 0.05) is 55.7 Å². The number of halogens is 3. The van der Waals surface area contributed by atoms with E-state index in [1.165, 1.54) is 6.07 Å². The first-order valence-electron chi connectivity index (χ1n) is 12.1. The Labute approximate surface area is 215 Å². The van der Waals surface area contributed by atoms with E-state index in [4.69, 9.17) is 19.0 Å². The molecule has 3 aliphatic heterocycles. The van der Waals surface area contributed by atoms with Crippen LogP contribution in [0.4, 0.5) is 18.0 Å². The zero-order valence-electron chi connectivity index (χ0n) is 20.3. The minimum Gasteiger partial charge on any atom is -0.492 e. The molecule has 1 N–H and O–H groups in total. The normalized spacial score (nSPS) is 19.4. The van der Waals surface area contributed by atoms with Crippen molar-refractivity contribution in [3.8, 4) is 11.5 Å². The Bertz CT molecular complexity index is 1230. The number of nitrogens with one attached hydrogen (secondary N) is 1. The molecule has 0 unspecified atom stereocenters. The molecule has 10 nitrogen and oxygen atoms in total. The molecular formula is C25H25F3N4O6. The van der Waals surface area contributed by atoms with Gasteiger partial charge < -0.3 is 29.3 Å². The maximum Gasteiger partial charge on any atom is 0.433 e. The fourth-order valence-corrected chi connectivity index (χ4v) is 4.48. The summed E-state index contributed by atoms with van der Waals surface area (Å²) >= 11 is 0. The van der Waals surface area contributed by atoms with Gasteiger partial charge >= 0.3 is 12.3 Å². The van der Waals surface area contributed by atoms with Crippen molar-refractivity contribution in [2.75, 3.05) is 32.8 Å². The van der Waals surface area contributed by atoms with E-state index in [0.29, 0.717) is 73.8 Å². The topological polar surface area (TPSA) is 112 Å². The smallest absolute Gasteiger partial charge is 0.433 e. The number of oxime groups is 1. The number of alkyl halides is 3. The number of likely N-dealkylation sites (tertiary alicyclic amines) is 1. The van der Waals surface area contributed by atoms with Crippen molar-refractivity contribution in [1.29, 1.82) is 0 Å². The van der Waals surface area contributed by atoms with Crippen molar-refractivity contribution >= 4 is 17.7 Å². The van der Waals surface area contributed by atoms with E-state index >= 15 is 0 Å². The Morgan fingerprint density at radius 3 is 2.71 bits per heavy atom. The number of carbonyl (C=O) groups excluding carboxylic acids is 2. The van der Waals surface area contributed by atoms with Crippen LogP contribution in [0.5, 0.6) is 11.5 Å². The highest BCUT2D eigenvalue weighted by molar-refractivity contribution is 6.03. The maximum atomic E-state index is 12.6. The summed E-state index contributed by atoms with van der Waals surface area (Å²) < 4.78 is 54.7. The van der Waals surface area contributed by atoms with Crippen molar-refractivity contribution in [3.05, 3.63) is 53.3 Å². The maximum absolute atomic E-state index is 12.6. The van der Waals surface area contributed by atoms with Gasteiger partial charge in [-0.05, 0) is 18.2 Å². The van der Waals surface area contributed by atoms with Crippen molar-refractivity contribution in [2.24, 2.45) is 5.16 Å². The van der Waals surface area contributed by atoms with Crippen molar-refractivity contribution < 1.29 is 41.8 Å². The summed E-state index contributed by atoms with van der Waals surface area (Å²) in [6.45, 7) is 1.59. The van der Waals surface area contributed by atoms with E-state index in [1.54, 1.807) is 23.1 Å². The van der Waals surface area contributed by atoms with Gasteiger partial charge in [-0.15, -0.1) is 0 Å². The number of fused-ring (bicyclic) bond motifs is 1. The number of hydrogen-bond donors (Lipinski definition) is 1. The molecule has 0 bridgehead atoms. The second-order valence-corrected chi connectivity index (χ2v) is 9.21. The standard InChI is InChI=1S/C25H25F3N4O6/c26-25(27,28)21-4-1-16(12-29-21)13-37-31-19-5-10-35-20-11-17(2-3-18(19)20)36-14-22(33)32-8-6-24(7-9-32)15-30-23(34)38-24/h1-4,11-12H,5-10,13-15H2,(H,30,34)/b31-19-. The summed E-state index contributed by atoms with van der Waals surface area (Å²) in [5, 5.41) is 6.81. The summed E-state index contributed by atoms with van der Waals surface area (Å²) in [4.78, 5) is 34.5. The van der Waals surface area contributed by atoms with Crippen LogP contribution in [0.15, 0.2) is 41.7 Å². The summed E-state index contributed by atoms with van der Waals surface area (Å²) in [6.07, 6.45) is -2.18. The summed E-state index contributed by atoms with van der Waals surface area (Å²) in [7, 11) is 0. The van der Waals surface area contributed by atoms with Crippen LogP contribution in [0.25, 0.3) is 0 Å². The number of carbonyl (C=O) groups is 2. The van der Waals surface area contributed by atoms with E-state index < -0.39 is 23.6 Å². The van der Waals surface area contributed by atoms with Gasteiger partial charge in [0.25, 0.3) is 5.91 Å². The Morgan fingerprint density at radius 2 is 2.03 bits per heavy atom. The number of benzene rings is 1. The lowest BCUT2D eigenvalue weighted by Crippen LogP contribution is -2.49. The average molecular weight is 534 g/mol. The van der Waals surface area contributed by atoms with Gasteiger partial charge in [-0.1, -0.05) is 11.2 Å². The van der Waals surface area contributed by atoms with E-state index in [0.717, 1.165) is 12.3 Å². The highest BCUT2D eigenvalue weighted by Crippen LogP contribution is 2.31. The largest absolute Gasteiger partial charge is 0.492 e. The Kier molecular flexibility index (Phi) is 7.00. The van der Waals surface area contributed by atoms with Gasteiger partial charge in [-0.3, -0.25) is 9.78 Å². The Balaban J connectivity index is 1.13. The molecule has 0 aliphatic carbocycles. The van der Waals surface area contributed by atoms with Crippen molar-refractivity contribution in [3.63, 3.8) is 0 Å². The zero-order chi connectivity index (χ0) is 26.8. The first kappa shape index (κ1) is 25.6.